The van der Waals surface area contributed by atoms with Crippen LogP contribution >= 0.6 is 0 Å². The van der Waals surface area contributed by atoms with E-state index < -0.39 is 0 Å². The zero-order chi connectivity index (χ0) is 22.9. The van der Waals surface area contributed by atoms with E-state index in [0.29, 0.717) is 5.92 Å². The van der Waals surface area contributed by atoms with Crippen LogP contribution in [0.1, 0.15) is 53.6 Å². The van der Waals surface area contributed by atoms with E-state index in [2.05, 4.69) is 146 Å². The zero-order valence-corrected chi connectivity index (χ0v) is 24.9. The SMILES string of the molecule is CCC(C)C1=C[C]([Ti+3])(C(c2cccc(C)c2)(c2cccc(C)c2)c2cccc(C)c2)C=C1.[Cl-].[Cl-].[Cl-]. The van der Waals surface area contributed by atoms with E-state index in [4.69, 9.17) is 0 Å². The van der Waals surface area contributed by atoms with Gasteiger partial charge in [-0.05, 0) is 0 Å². The molecular weight excluding hydrogens is 527 g/mol. The Labute approximate surface area is 242 Å². The maximum atomic E-state index is 2.55. The fourth-order valence-electron chi connectivity index (χ4n) is 5.21. The predicted molar refractivity (Wildman–Crippen MR) is 133 cm³/mol. The molecule has 0 saturated heterocycles. The van der Waals surface area contributed by atoms with E-state index >= 15 is 0 Å². The molecule has 0 heterocycles. The monoisotopic (exact) mass is 558 g/mol. The van der Waals surface area contributed by atoms with Crippen LogP contribution < -0.4 is 37.2 Å². The van der Waals surface area contributed by atoms with E-state index in [1.165, 1.54) is 39.0 Å². The largest absolute Gasteiger partial charge is 1.00 e. The van der Waals surface area contributed by atoms with Gasteiger partial charge in [0.2, 0.25) is 0 Å². The van der Waals surface area contributed by atoms with Crippen molar-refractivity contribution < 1.29 is 57.7 Å². The van der Waals surface area contributed by atoms with E-state index in [0.717, 1.165) is 6.42 Å². The van der Waals surface area contributed by atoms with Crippen LogP contribution in [0.15, 0.2) is 96.6 Å². The van der Waals surface area contributed by atoms with Gasteiger partial charge in [0.05, 0.1) is 0 Å². The summed E-state index contributed by atoms with van der Waals surface area (Å²) in [7, 11) is 0. The number of hydrogen-bond donors (Lipinski definition) is 0. The Kier molecular flexibility index (Phi) is 11.6. The summed E-state index contributed by atoms with van der Waals surface area (Å²) in [6, 6.07) is 27.4. The first-order valence-electron chi connectivity index (χ1n) is 11.7. The number of rotatable bonds is 6. The van der Waals surface area contributed by atoms with Crippen molar-refractivity contribution in [1.29, 1.82) is 0 Å². The molecule has 0 aromatic heterocycles. The van der Waals surface area contributed by atoms with Crippen LogP contribution in [0.2, 0.25) is 3.72 Å². The summed E-state index contributed by atoms with van der Waals surface area (Å²) in [6.07, 6.45) is 8.54. The molecule has 3 aromatic carbocycles. The van der Waals surface area contributed by atoms with Crippen molar-refractivity contribution in [1.82, 2.24) is 0 Å². The standard InChI is InChI=1S/C31H33.3ClH.Ti/c1-6-25(5)26-16-17-30(21-26)31(27-13-7-10-22(2)18-27,28-14-8-11-23(3)19-28)29-15-9-12-24(4)20-29;;;;/h7-21,25H,6H2,1-5H3;3*1H;/q;;;;+3/p-3. The Morgan fingerprint density at radius 2 is 1.14 bits per heavy atom. The van der Waals surface area contributed by atoms with Crippen LogP contribution in [0, 0.1) is 26.7 Å². The summed E-state index contributed by atoms with van der Waals surface area (Å²) in [5.74, 6) is 0.554. The Balaban J connectivity index is 0.00000204. The number of hydrogen-bond acceptors (Lipinski definition) is 0. The topological polar surface area (TPSA) is 0 Å². The second kappa shape index (κ2) is 12.8. The Hall–Kier alpha value is -1.28. The Bertz CT molecular complexity index is 1090. The first-order valence-corrected chi connectivity index (χ1v) is 12.5. The van der Waals surface area contributed by atoms with Gasteiger partial charge in [0.1, 0.15) is 0 Å². The van der Waals surface area contributed by atoms with Gasteiger partial charge in [-0.1, -0.05) is 0 Å². The van der Waals surface area contributed by atoms with Crippen molar-refractivity contribution in [3.63, 3.8) is 0 Å². The van der Waals surface area contributed by atoms with Crippen LogP contribution in [0.4, 0.5) is 0 Å². The van der Waals surface area contributed by atoms with Gasteiger partial charge in [-0.3, -0.25) is 0 Å². The average molecular weight is 560 g/mol. The average Bonchev–Trinajstić information content (AvgIpc) is 3.17. The zero-order valence-electron chi connectivity index (χ0n) is 21.1. The van der Waals surface area contributed by atoms with E-state index in [1.807, 2.05) is 0 Å². The number of aryl methyl sites for hydroxylation is 3. The summed E-state index contributed by atoms with van der Waals surface area (Å²) in [5.41, 5.74) is 9.06. The number of benzene rings is 3. The summed E-state index contributed by atoms with van der Waals surface area (Å²) in [5, 5.41) is 0. The summed E-state index contributed by atoms with van der Waals surface area (Å²) >= 11 is 2.42. The third-order valence-electron chi connectivity index (χ3n) is 7.09. The van der Waals surface area contributed by atoms with Crippen LogP contribution in [0.25, 0.3) is 0 Å². The molecule has 0 spiro atoms. The van der Waals surface area contributed by atoms with Crippen molar-refractivity contribution in [2.24, 2.45) is 5.92 Å². The fourth-order valence-corrected chi connectivity index (χ4v) is 6.28. The molecule has 0 fully saturated rings. The molecule has 3 aromatic rings. The van der Waals surface area contributed by atoms with Gasteiger partial charge in [-0.2, -0.15) is 0 Å². The minimum Gasteiger partial charge on any atom is -1.00 e. The van der Waals surface area contributed by atoms with Gasteiger partial charge >= 0.3 is 207 Å². The summed E-state index contributed by atoms with van der Waals surface area (Å²) < 4.78 is -0.193. The van der Waals surface area contributed by atoms with E-state index in [-0.39, 0.29) is 46.4 Å². The van der Waals surface area contributed by atoms with Gasteiger partial charge in [0.25, 0.3) is 0 Å². The van der Waals surface area contributed by atoms with Crippen LogP contribution in [0.3, 0.4) is 0 Å². The van der Waals surface area contributed by atoms with Gasteiger partial charge in [0.15, 0.2) is 0 Å². The third kappa shape index (κ3) is 5.84. The minimum atomic E-state index is -0.331. The Morgan fingerprint density at radius 1 is 0.743 bits per heavy atom. The second-order valence-electron chi connectivity index (χ2n) is 9.51. The first-order chi connectivity index (χ1) is 15.3. The van der Waals surface area contributed by atoms with Crippen molar-refractivity contribution in [3.8, 4) is 0 Å². The van der Waals surface area contributed by atoms with Gasteiger partial charge in [0, 0.05) is 0 Å². The van der Waals surface area contributed by atoms with Crippen molar-refractivity contribution in [3.05, 3.63) is 130 Å². The smallest absolute Gasteiger partial charge is 1.00 e. The molecule has 0 saturated carbocycles. The molecule has 35 heavy (non-hydrogen) atoms. The molecule has 0 aliphatic heterocycles. The summed E-state index contributed by atoms with van der Waals surface area (Å²) in [4.78, 5) is 0. The Morgan fingerprint density at radius 3 is 1.49 bits per heavy atom. The fraction of sp³-hybridized carbons (Fsp3) is 0.290. The molecule has 4 heteroatoms. The molecule has 1 aliphatic rings. The van der Waals surface area contributed by atoms with Gasteiger partial charge < -0.3 is 37.2 Å². The minimum absolute atomic E-state index is 0. The quantitative estimate of drug-likeness (QED) is 0.274. The first kappa shape index (κ1) is 31.8. The molecule has 2 atom stereocenters. The normalized spacial score (nSPS) is 17.5. The van der Waals surface area contributed by atoms with Crippen LogP contribution in [-0.4, -0.2) is 0 Å². The van der Waals surface area contributed by atoms with E-state index in [9.17, 15) is 0 Å². The molecule has 0 bridgehead atoms. The van der Waals surface area contributed by atoms with Crippen molar-refractivity contribution in [2.45, 2.75) is 50.2 Å². The van der Waals surface area contributed by atoms with Gasteiger partial charge in [-0.25, -0.2) is 0 Å². The number of allylic oxidation sites excluding steroid dienone is 4. The second-order valence-corrected chi connectivity index (χ2v) is 10.8. The van der Waals surface area contributed by atoms with Crippen LogP contribution in [-0.2, 0) is 25.9 Å². The summed E-state index contributed by atoms with van der Waals surface area (Å²) in [6.45, 7) is 11.2. The molecular formula is C31H33Cl3Ti. The van der Waals surface area contributed by atoms with E-state index in [1.54, 1.807) is 0 Å². The predicted octanol–water partition coefficient (Wildman–Crippen LogP) is -0.794. The maximum absolute atomic E-state index is 2.55. The van der Waals surface area contributed by atoms with Crippen molar-refractivity contribution in [2.75, 3.05) is 0 Å². The molecule has 0 nitrogen and oxygen atoms in total. The molecule has 4 rings (SSSR count). The molecule has 2 unspecified atom stereocenters. The number of halogens is 3. The molecule has 182 valence electrons. The third-order valence-corrected chi connectivity index (χ3v) is 8.16. The van der Waals surface area contributed by atoms with Crippen molar-refractivity contribution >= 4 is 0 Å². The van der Waals surface area contributed by atoms with Crippen LogP contribution in [0.5, 0.6) is 0 Å². The molecule has 0 radical (unpaired) electrons. The maximum Gasteiger partial charge on any atom is -1.00 e. The molecule has 0 N–H and O–H groups in total. The van der Waals surface area contributed by atoms with Gasteiger partial charge in [-0.15, -0.1) is 0 Å². The molecule has 0 amide bonds. The molecule has 1 aliphatic carbocycles.